The standard InChI is InChI=1S/C15H24N2O3/c18-13(19)8-15(6-1-7-15)16-14(20)17(9-11-2-3-11)10-12-4-5-12/h11-12H,1-10H2,(H,16,20)(H,18,19). The molecule has 0 bridgehead atoms. The Bertz CT molecular complexity index is 384. The fourth-order valence-corrected chi connectivity index (χ4v) is 3.01. The lowest BCUT2D eigenvalue weighted by molar-refractivity contribution is -0.139. The van der Waals surface area contributed by atoms with E-state index in [4.69, 9.17) is 5.11 Å². The van der Waals surface area contributed by atoms with Gasteiger partial charge in [0.15, 0.2) is 0 Å². The Hall–Kier alpha value is -1.26. The van der Waals surface area contributed by atoms with Crippen molar-refractivity contribution in [3.63, 3.8) is 0 Å². The lowest BCUT2D eigenvalue weighted by atomic mass is 9.74. The van der Waals surface area contributed by atoms with Crippen LogP contribution in [0.1, 0.15) is 51.4 Å². The summed E-state index contributed by atoms with van der Waals surface area (Å²) in [6.07, 6.45) is 7.59. The van der Waals surface area contributed by atoms with Gasteiger partial charge in [-0.25, -0.2) is 4.79 Å². The highest BCUT2D eigenvalue weighted by Gasteiger charge is 2.42. The highest BCUT2D eigenvalue weighted by molar-refractivity contribution is 5.77. The molecular formula is C15H24N2O3. The first-order chi connectivity index (χ1) is 9.56. The molecule has 5 heteroatoms. The monoisotopic (exact) mass is 280 g/mol. The molecule has 3 aliphatic carbocycles. The van der Waals surface area contributed by atoms with Crippen molar-refractivity contribution in [1.29, 1.82) is 0 Å². The summed E-state index contributed by atoms with van der Waals surface area (Å²) in [5.74, 6) is 0.536. The molecule has 0 radical (unpaired) electrons. The van der Waals surface area contributed by atoms with Crippen LogP contribution in [0.3, 0.4) is 0 Å². The van der Waals surface area contributed by atoms with Crippen molar-refractivity contribution < 1.29 is 14.7 Å². The van der Waals surface area contributed by atoms with Gasteiger partial charge >= 0.3 is 12.0 Å². The number of hydrogen-bond donors (Lipinski definition) is 2. The lowest BCUT2D eigenvalue weighted by Gasteiger charge is -2.42. The smallest absolute Gasteiger partial charge is 0.317 e. The topological polar surface area (TPSA) is 69.6 Å². The van der Waals surface area contributed by atoms with E-state index in [-0.39, 0.29) is 12.5 Å². The molecule has 20 heavy (non-hydrogen) atoms. The molecule has 2 amide bonds. The molecule has 3 fully saturated rings. The summed E-state index contributed by atoms with van der Waals surface area (Å²) in [5.41, 5.74) is -0.478. The summed E-state index contributed by atoms with van der Waals surface area (Å²) in [5, 5.41) is 12.0. The Balaban J connectivity index is 1.57. The number of rotatable bonds is 7. The van der Waals surface area contributed by atoms with Crippen LogP contribution in [-0.2, 0) is 4.79 Å². The van der Waals surface area contributed by atoms with Gasteiger partial charge in [0.2, 0.25) is 0 Å². The Morgan fingerprint density at radius 2 is 1.65 bits per heavy atom. The van der Waals surface area contributed by atoms with E-state index in [1.165, 1.54) is 25.7 Å². The van der Waals surface area contributed by atoms with Crippen LogP contribution in [-0.4, -0.2) is 40.6 Å². The van der Waals surface area contributed by atoms with Gasteiger partial charge in [0.05, 0.1) is 12.0 Å². The van der Waals surface area contributed by atoms with Crippen molar-refractivity contribution in [2.24, 2.45) is 11.8 Å². The molecule has 2 N–H and O–H groups in total. The maximum absolute atomic E-state index is 12.5. The van der Waals surface area contributed by atoms with Gasteiger partial charge in [-0.05, 0) is 56.8 Å². The zero-order valence-electron chi connectivity index (χ0n) is 11.9. The first-order valence-electron chi connectivity index (χ1n) is 7.85. The van der Waals surface area contributed by atoms with Crippen molar-refractivity contribution in [2.45, 2.75) is 56.9 Å². The number of carboxylic acid groups (broad SMARTS) is 1. The molecule has 0 heterocycles. The minimum absolute atomic E-state index is 0.0373. The van der Waals surface area contributed by atoms with Crippen LogP contribution in [0, 0.1) is 11.8 Å². The second-order valence-electron chi connectivity index (χ2n) is 6.93. The molecule has 3 aliphatic rings. The molecule has 0 aromatic carbocycles. The molecule has 3 saturated carbocycles. The number of carbonyl (C=O) groups is 2. The van der Waals surface area contributed by atoms with Gasteiger partial charge < -0.3 is 15.3 Å². The van der Waals surface area contributed by atoms with E-state index < -0.39 is 11.5 Å². The SMILES string of the molecule is O=C(O)CC1(NC(=O)N(CC2CC2)CC2CC2)CCC1. The summed E-state index contributed by atoms with van der Waals surface area (Å²) in [4.78, 5) is 25.4. The minimum Gasteiger partial charge on any atom is -0.481 e. The largest absolute Gasteiger partial charge is 0.481 e. The fourth-order valence-electron chi connectivity index (χ4n) is 3.01. The van der Waals surface area contributed by atoms with Crippen molar-refractivity contribution in [3.8, 4) is 0 Å². The third kappa shape index (κ3) is 3.44. The maximum atomic E-state index is 12.5. The second-order valence-corrected chi connectivity index (χ2v) is 6.93. The molecule has 0 saturated heterocycles. The number of urea groups is 1. The van der Waals surface area contributed by atoms with Gasteiger partial charge in [-0.3, -0.25) is 4.79 Å². The van der Waals surface area contributed by atoms with E-state index in [0.29, 0.717) is 11.8 Å². The Labute approximate surface area is 119 Å². The summed E-state index contributed by atoms with van der Waals surface area (Å²) >= 11 is 0. The highest BCUT2D eigenvalue weighted by atomic mass is 16.4. The normalized spacial score (nSPS) is 23.8. The summed E-state index contributed by atoms with van der Waals surface area (Å²) in [6.45, 7) is 1.71. The maximum Gasteiger partial charge on any atom is 0.317 e. The molecule has 0 spiro atoms. The van der Waals surface area contributed by atoms with Crippen LogP contribution in [0.2, 0.25) is 0 Å². The van der Waals surface area contributed by atoms with Gasteiger partial charge in [-0.2, -0.15) is 0 Å². The van der Waals surface area contributed by atoms with Crippen molar-refractivity contribution in [3.05, 3.63) is 0 Å². The van der Waals surface area contributed by atoms with Gasteiger partial charge in [0, 0.05) is 13.1 Å². The number of amides is 2. The Morgan fingerprint density at radius 3 is 2.00 bits per heavy atom. The number of carbonyl (C=O) groups excluding carboxylic acids is 1. The van der Waals surface area contributed by atoms with Crippen LogP contribution in [0.4, 0.5) is 4.79 Å². The number of hydrogen-bond acceptors (Lipinski definition) is 2. The molecule has 3 rings (SSSR count). The van der Waals surface area contributed by atoms with Crippen molar-refractivity contribution >= 4 is 12.0 Å². The van der Waals surface area contributed by atoms with Crippen LogP contribution in [0.15, 0.2) is 0 Å². The van der Waals surface area contributed by atoms with Crippen LogP contribution in [0.5, 0.6) is 0 Å². The van der Waals surface area contributed by atoms with E-state index in [0.717, 1.165) is 32.4 Å². The molecule has 0 aliphatic heterocycles. The average molecular weight is 280 g/mol. The van der Waals surface area contributed by atoms with E-state index in [1.807, 2.05) is 4.90 Å². The quantitative estimate of drug-likeness (QED) is 0.751. The predicted molar refractivity (Wildman–Crippen MR) is 74.4 cm³/mol. The Morgan fingerprint density at radius 1 is 1.10 bits per heavy atom. The zero-order valence-corrected chi connectivity index (χ0v) is 11.9. The molecule has 0 unspecified atom stereocenters. The minimum atomic E-state index is -0.819. The molecule has 112 valence electrons. The van der Waals surface area contributed by atoms with Gasteiger partial charge in [-0.1, -0.05) is 0 Å². The summed E-state index contributed by atoms with van der Waals surface area (Å²) in [7, 11) is 0. The molecule has 0 aromatic heterocycles. The van der Waals surface area contributed by atoms with E-state index in [1.54, 1.807) is 0 Å². The number of nitrogens with zero attached hydrogens (tertiary/aromatic N) is 1. The fraction of sp³-hybridized carbons (Fsp3) is 0.867. The first kappa shape index (κ1) is 13.7. The second kappa shape index (κ2) is 5.26. The Kier molecular flexibility index (Phi) is 3.61. The van der Waals surface area contributed by atoms with Crippen LogP contribution >= 0.6 is 0 Å². The number of aliphatic carboxylic acids is 1. The van der Waals surface area contributed by atoms with Crippen LogP contribution < -0.4 is 5.32 Å². The first-order valence-corrected chi connectivity index (χ1v) is 7.85. The molecular weight excluding hydrogens is 256 g/mol. The third-order valence-corrected chi connectivity index (χ3v) is 4.81. The summed E-state index contributed by atoms with van der Waals surface area (Å²) in [6, 6.07) is -0.0373. The average Bonchev–Trinajstić information content (AvgIpc) is 3.18. The van der Waals surface area contributed by atoms with Crippen LogP contribution in [0.25, 0.3) is 0 Å². The van der Waals surface area contributed by atoms with Gasteiger partial charge in [0.1, 0.15) is 0 Å². The molecule has 0 atom stereocenters. The number of nitrogens with one attached hydrogen (secondary N) is 1. The van der Waals surface area contributed by atoms with Gasteiger partial charge in [-0.15, -0.1) is 0 Å². The van der Waals surface area contributed by atoms with Gasteiger partial charge in [0.25, 0.3) is 0 Å². The zero-order chi connectivity index (χ0) is 14.2. The third-order valence-electron chi connectivity index (χ3n) is 4.81. The van der Waals surface area contributed by atoms with E-state index in [9.17, 15) is 9.59 Å². The highest BCUT2D eigenvalue weighted by Crippen LogP contribution is 2.37. The predicted octanol–water partition coefficient (Wildman–Crippen LogP) is 2.22. The number of carboxylic acids is 1. The lowest BCUT2D eigenvalue weighted by Crippen LogP contribution is -2.58. The van der Waals surface area contributed by atoms with E-state index in [2.05, 4.69) is 5.32 Å². The van der Waals surface area contributed by atoms with Crippen molar-refractivity contribution in [2.75, 3.05) is 13.1 Å². The molecule has 5 nitrogen and oxygen atoms in total. The van der Waals surface area contributed by atoms with E-state index >= 15 is 0 Å². The molecule has 0 aromatic rings. The van der Waals surface area contributed by atoms with Crippen molar-refractivity contribution in [1.82, 2.24) is 10.2 Å². The summed E-state index contributed by atoms with van der Waals surface area (Å²) < 4.78 is 0.